The summed E-state index contributed by atoms with van der Waals surface area (Å²) in [6, 6.07) is 10.8. The fraction of sp³-hybridized carbons (Fsp3) is 0.312. The topological polar surface area (TPSA) is 84.0 Å². The third-order valence-electron chi connectivity index (χ3n) is 3.33. The molecule has 1 atom stereocenters. The van der Waals surface area contributed by atoms with Crippen LogP contribution in [0.3, 0.4) is 0 Å². The zero-order chi connectivity index (χ0) is 15.9. The van der Waals surface area contributed by atoms with Gasteiger partial charge in [0.15, 0.2) is 0 Å². The molecule has 0 fully saturated rings. The molecule has 2 N–H and O–H groups in total. The minimum atomic E-state index is -0.589. The number of H-pyrrole nitrogens is 1. The molecule has 1 aromatic carbocycles. The van der Waals surface area contributed by atoms with Crippen LogP contribution in [0.4, 0.5) is 0 Å². The van der Waals surface area contributed by atoms with E-state index in [0.717, 1.165) is 18.4 Å². The molecule has 0 spiro atoms. The molecule has 1 heterocycles. The van der Waals surface area contributed by atoms with Crippen LogP contribution in [0.15, 0.2) is 52.2 Å². The molecule has 0 unspecified atom stereocenters. The molecule has 22 heavy (non-hydrogen) atoms. The van der Waals surface area contributed by atoms with Crippen molar-refractivity contribution in [3.63, 3.8) is 0 Å². The second kappa shape index (κ2) is 7.40. The number of nitrogens with one attached hydrogen (secondary N) is 2. The minimum absolute atomic E-state index is 0.0860. The summed E-state index contributed by atoms with van der Waals surface area (Å²) < 4.78 is 1.17. The molecule has 0 bridgehead atoms. The van der Waals surface area contributed by atoms with Crippen molar-refractivity contribution in [2.24, 2.45) is 0 Å². The lowest BCUT2D eigenvalue weighted by atomic mass is 10.0. The molecule has 2 aromatic rings. The Balaban J connectivity index is 2.08. The molecule has 0 aliphatic carbocycles. The molecule has 0 saturated heterocycles. The summed E-state index contributed by atoms with van der Waals surface area (Å²) in [4.78, 5) is 36.9. The first kappa shape index (κ1) is 15.8. The van der Waals surface area contributed by atoms with Crippen molar-refractivity contribution >= 4 is 5.91 Å². The van der Waals surface area contributed by atoms with Crippen LogP contribution in [0.1, 0.15) is 31.4 Å². The minimum Gasteiger partial charge on any atom is -0.348 e. The van der Waals surface area contributed by atoms with Gasteiger partial charge in [0.2, 0.25) is 5.91 Å². The molecule has 2 rings (SSSR count). The summed E-state index contributed by atoms with van der Waals surface area (Å²) >= 11 is 0. The number of aromatic amines is 1. The van der Waals surface area contributed by atoms with E-state index >= 15 is 0 Å². The molecule has 6 nitrogen and oxygen atoms in total. The number of benzene rings is 1. The van der Waals surface area contributed by atoms with Gasteiger partial charge in [-0.3, -0.25) is 19.1 Å². The Hall–Kier alpha value is -2.63. The highest BCUT2D eigenvalue weighted by atomic mass is 16.2. The highest BCUT2D eigenvalue weighted by Gasteiger charge is 2.14. The SMILES string of the molecule is CCC[C@@H](NC(=O)Cn1ccc(=O)[nH]c1=O)c1ccccc1. The van der Waals surface area contributed by atoms with E-state index in [9.17, 15) is 14.4 Å². The summed E-state index contributed by atoms with van der Waals surface area (Å²) in [6.45, 7) is 1.93. The van der Waals surface area contributed by atoms with Crippen LogP contribution in [-0.4, -0.2) is 15.5 Å². The predicted octanol–water partition coefficient (Wildman–Crippen LogP) is 1.19. The van der Waals surface area contributed by atoms with E-state index in [0.29, 0.717) is 0 Å². The molecule has 116 valence electrons. The number of hydrogen-bond donors (Lipinski definition) is 2. The highest BCUT2D eigenvalue weighted by Crippen LogP contribution is 2.17. The molecule has 6 heteroatoms. The highest BCUT2D eigenvalue weighted by molar-refractivity contribution is 5.76. The number of carbonyl (C=O) groups is 1. The lowest BCUT2D eigenvalue weighted by Gasteiger charge is -2.19. The average Bonchev–Trinajstić information content (AvgIpc) is 2.50. The second-order valence-corrected chi connectivity index (χ2v) is 5.06. The van der Waals surface area contributed by atoms with Crippen LogP contribution in [0, 0.1) is 0 Å². The molecule has 0 radical (unpaired) electrons. The van der Waals surface area contributed by atoms with Gasteiger partial charge in [-0.15, -0.1) is 0 Å². The van der Waals surface area contributed by atoms with Gasteiger partial charge in [0.1, 0.15) is 6.54 Å². The van der Waals surface area contributed by atoms with E-state index in [1.165, 1.54) is 16.8 Å². The normalized spacial score (nSPS) is 11.9. The maximum atomic E-state index is 12.1. The van der Waals surface area contributed by atoms with Crippen molar-refractivity contribution in [2.45, 2.75) is 32.4 Å². The smallest absolute Gasteiger partial charge is 0.328 e. The van der Waals surface area contributed by atoms with Crippen LogP contribution in [0.2, 0.25) is 0 Å². The first-order chi connectivity index (χ1) is 10.6. The van der Waals surface area contributed by atoms with Crippen LogP contribution >= 0.6 is 0 Å². The maximum absolute atomic E-state index is 12.1. The number of rotatable bonds is 6. The van der Waals surface area contributed by atoms with Gasteiger partial charge in [-0.1, -0.05) is 43.7 Å². The van der Waals surface area contributed by atoms with Gasteiger partial charge >= 0.3 is 5.69 Å². The van der Waals surface area contributed by atoms with Gasteiger partial charge in [0.05, 0.1) is 6.04 Å². The first-order valence-electron chi connectivity index (χ1n) is 7.24. The van der Waals surface area contributed by atoms with Crippen LogP contribution in [0.5, 0.6) is 0 Å². The Bertz CT molecular complexity index is 734. The van der Waals surface area contributed by atoms with Gasteiger partial charge in [-0.05, 0) is 12.0 Å². The molecule has 0 aliphatic rings. The van der Waals surface area contributed by atoms with E-state index in [-0.39, 0.29) is 18.5 Å². The van der Waals surface area contributed by atoms with E-state index in [1.54, 1.807) is 0 Å². The van der Waals surface area contributed by atoms with E-state index in [4.69, 9.17) is 0 Å². The zero-order valence-electron chi connectivity index (χ0n) is 12.4. The third-order valence-corrected chi connectivity index (χ3v) is 3.33. The fourth-order valence-corrected chi connectivity index (χ4v) is 2.26. The Morgan fingerprint density at radius 2 is 1.95 bits per heavy atom. The molecule has 0 saturated carbocycles. The van der Waals surface area contributed by atoms with Crippen molar-refractivity contribution in [1.29, 1.82) is 0 Å². The standard InChI is InChI=1S/C16H19N3O3/c1-2-6-13(12-7-4-3-5-8-12)17-15(21)11-19-10-9-14(20)18-16(19)22/h3-5,7-10,13H,2,6,11H2,1H3,(H,17,21)(H,18,20,22)/t13-/m1/s1. The molecule has 0 aliphatic heterocycles. The first-order valence-corrected chi connectivity index (χ1v) is 7.24. The summed E-state index contributed by atoms with van der Waals surface area (Å²) in [5, 5.41) is 2.93. The van der Waals surface area contributed by atoms with Gasteiger partial charge < -0.3 is 5.32 Å². The maximum Gasteiger partial charge on any atom is 0.328 e. The van der Waals surface area contributed by atoms with E-state index in [1.807, 2.05) is 30.3 Å². The number of hydrogen-bond acceptors (Lipinski definition) is 3. The summed E-state index contributed by atoms with van der Waals surface area (Å²) in [7, 11) is 0. The Morgan fingerprint density at radius 1 is 1.23 bits per heavy atom. The van der Waals surface area contributed by atoms with Crippen LogP contribution in [-0.2, 0) is 11.3 Å². The number of carbonyl (C=O) groups excluding carboxylic acids is 1. The monoisotopic (exact) mass is 301 g/mol. The van der Waals surface area contributed by atoms with E-state index < -0.39 is 11.2 Å². The predicted molar refractivity (Wildman–Crippen MR) is 83.6 cm³/mol. The zero-order valence-corrected chi connectivity index (χ0v) is 12.4. The lowest BCUT2D eigenvalue weighted by molar-refractivity contribution is -0.122. The van der Waals surface area contributed by atoms with Crippen molar-refractivity contribution in [1.82, 2.24) is 14.9 Å². The van der Waals surface area contributed by atoms with Gasteiger partial charge in [-0.25, -0.2) is 4.79 Å². The van der Waals surface area contributed by atoms with Gasteiger partial charge in [0.25, 0.3) is 5.56 Å². The Labute approximate surface area is 127 Å². The lowest BCUT2D eigenvalue weighted by Crippen LogP contribution is -2.36. The quantitative estimate of drug-likeness (QED) is 0.840. The molecular formula is C16H19N3O3. The van der Waals surface area contributed by atoms with Gasteiger partial charge in [-0.2, -0.15) is 0 Å². The Morgan fingerprint density at radius 3 is 2.59 bits per heavy atom. The number of aromatic nitrogens is 2. The van der Waals surface area contributed by atoms with Crippen molar-refractivity contribution in [3.8, 4) is 0 Å². The largest absolute Gasteiger partial charge is 0.348 e. The summed E-state index contributed by atoms with van der Waals surface area (Å²) in [6.07, 6.45) is 3.06. The third kappa shape index (κ3) is 4.18. The van der Waals surface area contributed by atoms with Crippen LogP contribution in [0.25, 0.3) is 0 Å². The fourth-order valence-electron chi connectivity index (χ4n) is 2.26. The second-order valence-electron chi connectivity index (χ2n) is 5.06. The molecular weight excluding hydrogens is 282 g/mol. The van der Waals surface area contributed by atoms with Crippen LogP contribution < -0.4 is 16.6 Å². The van der Waals surface area contributed by atoms with Crippen molar-refractivity contribution < 1.29 is 4.79 Å². The van der Waals surface area contributed by atoms with E-state index in [2.05, 4.69) is 17.2 Å². The van der Waals surface area contributed by atoms with Crippen molar-refractivity contribution in [2.75, 3.05) is 0 Å². The van der Waals surface area contributed by atoms with Gasteiger partial charge in [0, 0.05) is 12.3 Å². The Kier molecular flexibility index (Phi) is 5.30. The van der Waals surface area contributed by atoms with Crippen molar-refractivity contribution in [3.05, 3.63) is 69.0 Å². The summed E-state index contributed by atoms with van der Waals surface area (Å²) in [5.41, 5.74) is -0.0317. The molecule has 1 aromatic heterocycles. The average molecular weight is 301 g/mol. The number of amides is 1. The summed E-state index contributed by atoms with van der Waals surface area (Å²) in [5.74, 6) is -0.267. The number of nitrogens with zero attached hydrogens (tertiary/aromatic N) is 1. The molecule has 1 amide bonds.